The standard InChI is InChI=1S/C29H23Cl2NO5S/c1-3-36-29(35)25-26(33)24(38-28(25)32-27(34)20-10-6-4-8-17(20)2)15-18-12-13-23(22(31)14-18)37-16-19-9-5-7-11-21(19)30/h4-15,33H,3,16H2,1-2H3/b24-15-,32-28?. The largest absolute Gasteiger partial charge is 0.506 e. The Morgan fingerprint density at radius 2 is 1.76 bits per heavy atom. The number of amides is 1. The molecule has 0 saturated carbocycles. The van der Waals surface area contributed by atoms with E-state index >= 15 is 0 Å². The molecule has 0 fully saturated rings. The second-order valence-corrected chi connectivity index (χ2v) is 10.0. The van der Waals surface area contributed by atoms with E-state index in [1.54, 1.807) is 62.4 Å². The molecule has 0 aromatic heterocycles. The molecule has 0 unspecified atom stereocenters. The minimum absolute atomic E-state index is 0.0613. The number of ether oxygens (including phenoxy) is 2. The Balaban J connectivity index is 1.61. The summed E-state index contributed by atoms with van der Waals surface area (Å²) < 4.78 is 10.9. The number of rotatable bonds is 7. The number of carbonyl (C=O) groups excluding carboxylic acids is 2. The SMILES string of the molecule is CCOC(=O)C1=C(O)/C(=C/c2ccc(OCc3ccccc3Cl)c(Cl)c2)SC1=NC(=O)c1ccccc1C. The molecule has 1 amide bonds. The van der Waals surface area contributed by atoms with E-state index < -0.39 is 11.9 Å². The van der Waals surface area contributed by atoms with Crippen LogP contribution in [0.3, 0.4) is 0 Å². The summed E-state index contributed by atoms with van der Waals surface area (Å²) in [6.45, 7) is 3.80. The minimum Gasteiger partial charge on any atom is -0.506 e. The van der Waals surface area contributed by atoms with E-state index in [0.29, 0.717) is 31.8 Å². The van der Waals surface area contributed by atoms with Crippen molar-refractivity contribution in [2.75, 3.05) is 6.61 Å². The molecular formula is C29H23Cl2NO5S. The summed E-state index contributed by atoms with van der Waals surface area (Å²) in [5.74, 6) is -1.14. The van der Waals surface area contributed by atoms with Gasteiger partial charge < -0.3 is 14.6 Å². The summed E-state index contributed by atoms with van der Waals surface area (Å²) in [5, 5.41) is 11.9. The highest BCUT2D eigenvalue weighted by atomic mass is 35.5. The van der Waals surface area contributed by atoms with Gasteiger partial charge in [0.1, 0.15) is 28.7 Å². The van der Waals surface area contributed by atoms with Gasteiger partial charge in [0, 0.05) is 16.1 Å². The van der Waals surface area contributed by atoms with Crippen molar-refractivity contribution >= 4 is 58.0 Å². The number of benzene rings is 3. The first-order valence-electron chi connectivity index (χ1n) is 11.6. The third kappa shape index (κ3) is 6.30. The molecule has 1 heterocycles. The topological polar surface area (TPSA) is 85.2 Å². The summed E-state index contributed by atoms with van der Waals surface area (Å²) in [5.41, 5.74) is 2.46. The van der Waals surface area contributed by atoms with Gasteiger partial charge in [-0.15, -0.1) is 0 Å². The number of nitrogens with zero attached hydrogens (tertiary/aromatic N) is 1. The molecule has 4 rings (SSSR count). The Morgan fingerprint density at radius 3 is 2.47 bits per heavy atom. The van der Waals surface area contributed by atoms with Gasteiger partial charge >= 0.3 is 5.97 Å². The Bertz CT molecular complexity index is 1500. The number of esters is 1. The van der Waals surface area contributed by atoms with E-state index in [1.165, 1.54) is 0 Å². The van der Waals surface area contributed by atoms with Crippen LogP contribution in [0.1, 0.15) is 34.0 Å². The molecule has 6 nitrogen and oxygen atoms in total. The maximum Gasteiger partial charge on any atom is 0.344 e. The van der Waals surface area contributed by atoms with Gasteiger partial charge in [0.25, 0.3) is 5.91 Å². The summed E-state index contributed by atoms with van der Waals surface area (Å²) >= 11 is 13.6. The lowest BCUT2D eigenvalue weighted by Crippen LogP contribution is -2.14. The van der Waals surface area contributed by atoms with Crippen molar-refractivity contribution in [3.63, 3.8) is 0 Å². The van der Waals surface area contributed by atoms with Crippen molar-refractivity contribution < 1.29 is 24.2 Å². The molecule has 1 N–H and O–H groups in total. The van der Waals surface area contributed by atoms with Crippen LogP contribution >= 0.6 is 35.0 Å². The molecule has 0 atom stereocenters. The van der Waals surface area contributed by atoms with E-state index in [-0.39, 0.29) is 29.6 Å². The van der Waals surface area contributed by atoms with Crippen molar-refractivity contribution in [2.24, 2.45) is 4.99 Å². The normalized spacial score (nSPS) is 15.3. The molecule has 0 aliphatic carbocycles. The molecule has 0 spiro atoms. The van der Waals surface area contributed by atoms with Gasteiger partial charge in [-0.25, -0.2) is 9.79 Å². The first-order valence-corrected chi connectivity index (χ1v) is 13.2. The maximum absolute atomic E-state index is 12.9. The van der Waals surface area contributed by atoms with E-state index in [9.17, 15) is 14.7 Å². The third-order valence-electron chi connectivity index (χ3n) is 5.54. The second kappa shape index (κ2) is 12.3. The molecular weight excluding hydrogens is 545 g/mol. The highest BCUT2D eigenvalue weighted by molar-refractivity contribution is 8.18. The number of carbonyl (C=O) groups is 2. The number of aliphatic imine (C=N–C) groups is 1. The van der Waals surface area contributed by atoms with Gasteiger partial charge in [-0.3, -0.25) is 4.79 Å². The molecule has 9 heteroatoms. The Kier molecular flexibility index (Phi) is 8.94. The smallest absolute Gasteiger partial charge is 0.344 e. The fourth-order valence-corrected chi connectivity index (χ4v) is 5.05. The molecule has 0 radical (unpaired) electrons. The van der Waals surface area contributed by atoms with Crippen molar-refractivity contribution in [3.8, 4) is 5.75 Å². The zero-order valence-electron chi connectivity index (χ0n) is 20.5. The monoisotopic (exact) mass is 567 g/mol. The lowest BCUT2D eigenvalue weighted by atomic mass is 10.1. The van der Waals surface area contributed by atoms with Crippen molar-refractivity contribution in [1.82, 2.24) is 0 Å². The van der Waals surface area contributed by atoms with E-state index in [2.05, 4.69) is 4.99 Å². The van der Waals surface area contributed by atoms with Crippen molar-refractivity contribution in [2.45, 2.75) is 20.5 Å². The van der Waals surface area contributed by atoms with Crippen LogP contribution < -0.4 is 4.74 Å². The number of thioether (sulfide) groups is 1. The number of aliphatic hydroxyl groups excluding tert-OH is 1. The summed E-state index contributed by atoms with van der Waals surface area (Å²) in [6, 6.07) is 19.5. The Hall–Kier alpha value is -3.52. The summed E-state index contributed by atoms with van der Waals surface area (Å²) in [7, 11) is 0. The molecule has 194 valence electrons. The zero-order chi connectivity index (χ0) is 27.2. The molecule has 0 saturated heterocycles. The lowest BCUT2D eigenvalue weighted by Gasteiger charge is -2.10. The predicted molar refractivity (Wildman–Crippen MR) is 152 cm³/mol. The molecule has 0 bridgehead atoms. The maximum atomic E-state index is 12.9. The van der Waals surface area contributed by atoms with Gasteiger partial charge in [0.05, 0.1) is 16.5 Å². The van der Waals surface area contributed by atoms with Crippen LogP contribution in [0, 0.1) is 6.92 Å². The third-order valence-corrected chi connectivity index (χ3v) is 7.23. The van der Waals surface area contributed by atoms with Gasteiger partial charge in [-0.1, -0.05) is 77.4 Å². The van der Waals surface area contributed by atoms with Crippen LogP contribution in [0.25, 0.3) is 6.08 Å². The fraction of sp³-hybridized carbons (Fsp3) is 0.138. The van der Waals surface area contributed by atoms with Gasteiger partial charge in [0.2, 0.25) is 0 Å². The number of hydrogen-bond acceptors (Lipinski definition) is 6. The molecule has 1 aliphatic heterocycles. The van der Waals surface area contributed by atoms with Gasteiger partial charge in [-0.05, 0) is 55.3 Å². The zero-order valence-corrected chi connectivity index (χ0v) is 22.9. The average molecular weight is 568 g/mol. The quantitative estimate of drug-likeness (QED) is 0.296. The van der Waals surface area contributed by atoms with Crippen LogP contribution in [-0.4, -0.2) is 28.6 Å². The van der Waals surface area contributed by atoms with Crippen LogP contribution in [0.5, 0.6) is 5.75 Å². The van der Waals surface area contributed by atoms with Gasteiger partial charge in [-0.2, -0.15) is 0 Å². The van der Waals surface area contributed by atoms with E-state index in [4.69, 9.17) is 32.7 Å². The highest BCUT2D eigenvalue weighted by Gasteiger charge is 2.34. The van der Waals surface area contributed by atoms with Crippen LogP contribution in [0.2, 0.25) is 10.0 Å². The molecule has 3 aromatic rings. The second-order valence-electron chi connectivity index (χ2n) is 8.16. The van der Waals surface area contributed by atoms with Crippen LogP contribution in [0.4, 0.5) is 0 Å². The van der Waals surface area contributed by atoms with E-state index in [0.717, 1.165) is 22.9 Å². The average Bonchev–Trinajstić information content (AvgIpc) is 3.19. The number of halogens is 2. The van der Waals surface area contributed by atoms with E-state index in [1.807, 2.05) is 24.3 Å². The number of aryl methyl sites for hydroxylation is 1. The Morgan fingerprint density at radius 1 is 1.03 bits per heavy atom. The Labute approximate surface area is 234 Å². The van der Waals surface area contributed by atoms with Crippen molar-refractivity contribution in [1.29, 1.82) is 0 Å². The van der Waals surface area contributed by atoms with Crippen LogP contribution in [-0.2, 0) is 16.1 Å². The highest BCUT2D eigenvalue weighted by Crippen LogP contribution is 2.40. The fourth-order valence-electron chi connectivity index (χ4n) is 3.60. The lowest BCUT2D eigenvalue weighted by molar-refractivity contribution is -0.138. The first kappa shape index (κ1) is 27.5. The summed E-state index contributed by atoms with van der Waals surface area (Å²) in [6.07, 6.45) is 1.64. The predicted octanol–water partition coefficient (Wildman–Crippen LogP) is 7.58. The first-order chi connectivity index (χ1) is 18.3. The van der Waals surface area contributed by atoms with Gasteiger partial charge in [0.15, 0.2) is 0 Å². The number of aliphatic hydroxyl groups is 1. The minimum atomic E-state index is -0.765. The summed E-state index contributed by atoms with van der Waals surface area (Å²) in [4.78, 5) is 30.0. The molecule has 1 aliphatic rings. The molecule has 38 heavy (non-hydrogen) atoms. The number of hydrogen-bond donors (Lipinski definition) is 1. The molecule has 3 aromatic carbocycles. The van der Waals surface area contributed by atoms with Crippen molar-refractivity contribution in [3.05, 3.63) is 115 Å². The van der Waals surface area contributed by atoms with Crippen LogP contribution in [0.15, 0.2) is 88.0 Å².